The predicted molar refractivity (Wildman–Crippen MR) is 73.8 cm³/mol. The van der Waals surface area contributed by atoms with E-state index in [0.717, 1.165) is 17.0 Å². The average molecular weight is 287 g/mol. The summed E-state index contributed by atoms with van der Waals surface area (Å²) in [5, 5.41) is 4.39. The molecular weight excluding hydrogens is 270 g/mol. The summed E-state index contributed by atoms with van der Waals surface area (Å²) in [6.45, 7) is 0.709. The van der Waals surface area contributed by atoms with Crippen LogP contribution in [0.15, 0.2) is 0 Å². The zero-order valence-electron chi connectivity index (χ0n) is 10.1. The lowest BCUT2D eigenvalue weighted by Gasteiger charge is -2.10. The molecule has 100 valence electrons. The number of nitrogens with one attached hydrogen (secondary N) is 1. The Morgan fingerprint density at radius 1 is 1.39 bits per heavy atom. The molecule has 0 spiro atoms. The maximum atomic E-state index is 11.4. The van der Waals surface area contributed by atoms with Crippen LogP contribution in [0.2, 0.25) is 0 Å². The summed E-state index contributed by atoms with van der Waals surface area (Å²) in [4.78, 5) is 0. The number of hydrogen-bond donors (Lipinski definition) is 2. The summed E-state index contributed by atoms with van der Waals surface area (Å²) >= 11 is 1.39. The Labute approximate surface area is 111 Å². The van der Waals surface area contributed by atoms with Crippen LogP contribution in [0.1, 0.15) is 30.7 Å². The van der Waals surface area contributed by atoms with Gasteiger partial charge in [0.25, 0.3) is 0 Å². The molecule has 18 heavy (non-hydrogen) atoms. The second kappa shape index (κ2) is 4.38. The van der Waals surface area contributed by atoms with Gasteiger partial charge in [0.2, 0.25) is 0 Å². The molecule has 2 aliphatic rings. The molecule has 3 N–H and O–H groups in total. The van der Waals surface area contributed by atoms with E-state index >= 15 is 0 Å². The normalized spacial score (nSPS) is 26.3. The number of aromatic nitrogens is 1. The highest BCUT2D eigenvalue weighted by molar-refractivity contribution is 7.91. The molecule has 0 bridgehead atoms. The molecule has 0 aromatic carbocycles. The minimum absolute atomic E-state index is 0.227. The first-order valence-electron chi connectivity index (χ1n) is 6.24. The third-order valence-corrected chi connectivity index (χ3v) is 6.29. The van der Waals surface area contributed by atoms with E-state index in [-0.39, 0.29) is 5.92 Å². The van der Waals surface area contributed by atoms with Gasteiger partial charge >= 0.3 is 0 Å². The number of nitrogens with zero attached hydrogens (tertiary/aromatic N) is 1. The van der Waals surface area contributed by atoms with Gasteiger partial charge in [-0.1, -0.05) is 0 Å². The Morgan fingerprint density at radius 2 is 2.17 bits per heavy atom. The lowest BCUT2D eigenvalue weighted by atomic mass is 10.1. The van der Waals surface area contributed by atoms with Crippen molar-refractivity contribution in [3.05, 3.63) is 5.56 Å². The minimum Gasteiger partial charge on any atom is -0.383 e. The van der Waals surface area contributed by atoms with Crippen molar-refractivity contribution >= 4 is 32.2 Å². The zero-order valence-corrected chi connectivity index (χ0v) is 11.7. The number of hydrogen-bond acceptors (Lipinski definition) is 6. The molecule has 0 radical (unpaired) electrons. The first kappa shape index (κ1) is 12.2. The van der Waals surface area contributed by atoms with Crippen molar-refractivity contribution in [3.8, 4) is 0 Å². The molecule has 3 rings (SSSR count). The quantitative estimate of drug-likeness (QED) is 0.875. The standard InChI is InChI=1S/C11H17N3O2S2/c12-10-9(8-1-2-8)11(17-14-10)13-5-7-3-4-18(15,16)6-7/h7-8,13H,1-6H2,(H2,12,14). The minimum atomic E-state index is -2.79. The molecular formula is C11H17N3O2S2. The van der Waals surface area contributed by atoms with Crippen LogP contribution in [0.4, 0.5) is 10.8 Å². The molecule has 7 heteroatoms. The van der Waals surface area contributed by atoms with E-state index in [1.165, 1.54) is 24.4 Å². The molecule has 1 aliphatic carbocycles. The summed E-state index contributed by atoms with van der Waals surface area (Å²) < 4.78 is 27.0. The Kier molecular flexibility index (Phi) is 2.97. The Hall–Kier alpha value is -0.820. The maximum Gasteiger partial charge on any atom is 0.150 e. The third kappa shape index (κ3) is 2.47. The number of sulfone groups is 1. The summed E-state index contributed by atoms with van der Waals surface area (Å²) in [6.07, 6.45) is 3.15. The average Bonchev–Trinajstić information content (AvgIpc) is 2.98. The van der Waals surface area contributed by atoms with E-state index in [9.17, 15) is 8.42 Å². The first-order chi connectivity index (χ1) is 8.55. The number of rotatable bonds is 4. The molecule has 1 aliphatic heterocycles. The Morgan fingerprint density at radius 3 is 2.78 bits per heavy atom. The van der Waals surface area contributed by atoms with Gasteiger partial charge in [0, 0.05) is 12.1 Å². The lowest BCUT2D eigenvalue weighted by Crippen LogP contribution is -2.15. The fourth-order valence-electron chi connectivity index (χ4n) is 2.47. The van der Waals surface area contributed by atoms with E-state index < -0.39 is 9.84 Å². The van der Waals surface area contributed by atoms with E-state index in [4.69, 9.17) is 5.73 Å². The van der Waals surface area contributed by atoms with Crippen molar-refractivity contribution < 1.29 is 8.42 Å². The Bertz CT molecular complexity index is 549. The highest BCUT2D eigenvalue weighted by atomic mass is 32.2. The topological polar surface area (TPSA) is 85.1 Å². The smallest absolute Gasteiger partial charge is 0.150 e. The molecule has 1 aromatic heterocycles. The zero-order chi connectivity index (χ0) is 12.8. The maximum absolute atomic E-state index is 11.4. The lowest BCUT2D eigenvalue weighted by molar-refractivity contribution is 0.596. The van der Waals surface area contributed by atoms with Crippen molar-refractivity contribution in [2.75, 3.05) is 29.1 Å². The van der Waals surface area contributed by atoms with Crippen LogP contribution in [0, 0.1) is 5.92 Å². The van der Waals surface area contributed by atoms with Crippen molar-refractivity contribution in [2.45, 2.75) is 25.2 Å². The highest BCUT2D eigenvalue weighted by Gasteiger charge is 2.32. The van der Waals surface area contributed by atoms with E-state index in [1.54, 1.807) is 0 Å². The molecule has 5 nitrogen and oxygen atoms in total. The van der Waals surface area contributed by atoms with Crippen LogP contribution in [-0.4, -0.2) is 30.8 Å². The van der Waals surface area contributed by atoms with Crippen LogP contribution < -0.4 is 11.1 Å². The van der Waals surface area contributed by atoms with Gasteiger partial charge in [0.15, 0.2) is 9.84 Å². The fraction of sp³-hybridized carbons (Fsp3) is 0.727. The second-order valence-corrected chi connectivity index (χ2v) is 8.24. The van der Waals surface area contributed by atoms with Crippen LogP contribution >= 0.6 is 11.5 Å². The molecule has 1 unspecified atom stereocenters. The number of anilines is 2. The van der Waals surface area contributed by atoms with Crippen molar-refractivity contribution in [3.63, 3.8) is 0 Å². The fourth-order valence-corrected chi connectivity index (χ4v) is 5.14. The second-order valence-electron chi connectivity index (χ2n) is 5.23. The summed E-state index contributed by atoms with van der Waals surface area (Å²) in [5.74, 6) is 2.08. The van der Waals surface area contributed by atoms with Crippen LogP contribution in [0.5, 0.6) is 0 Å². The van der Waals surface area contributed by atoms with Gasteiger partial charge in [-0.3, -0.25) is 0 Å². The van der Waals surface area contributed by atoms with E-state index in [0.29, 0.717) is 29.8 Å². The monoisotopic (exact) mass is 287 g/mol. The van der Waals surface area contributed by atoms with Crippen LogP contribution in [-0.2, 0) is 9.84 Å². The van der Waals surface area contributed by atoms with Gasteiger partial charge < -0.3 is 11.1 Å². The van der Waals surface area contributed by atoms with Gasteiger partial charge in [-0.05, 0) is 42.6 Å². The third-order valence-electron chi connectivity index (χ3n) is 3.62. The molecule has 2 heterocycles. The largest absolute Gasteiger partial charge is 0.383 e. The van der Waals surface area contributed by atoms with Crippen molar-refractivity contribution in [1.29, 1.82) is 0 Å². The van der Waals surface area contributed by atoms with Crippen LogP contribution in [0.3, 0.4) is 0 Å². The van der Waals surface area contributed by atoms with E-state index in [1.807, 2.05) is 0 Å². The van der Waals surface area contributed by atoms with Crippen molar-refractivity contribution in [1.82, 2.24) is 4.37 Å². The summed E-state index contributed by atoms with van der Waals surface area (Å²) in [7, 11) is -2.79. The number of nitrogen functional groups attached to an aromatic ring is 1. The predicted octanol–water partition coefficient (Wildman–Crippen LogP) is 1.45. The molecule has 1 saturated carbocycles. The SMILES string of the molecule is Nc1nsc(NCC2CCS(=O)(=O)C2)c1C1CC1. The summed E-state index contributed by atoms with van der Waals surface area (Å²) in [5.41, 5.74) is 7.03. The number of nitrogens with two attached hydrogens (primary N) is 1. The highest BCUT2D eigenvalue weighted by Crippen LogP contribution is 2.47. The van der Waals surface area contributed by atoms with Gasteiger partial charge in [-0.2, -0.15) is 4.37 Å². The molecule has 0 amide bonds. The van der Waals surface area contributed by atoms with Gasteiger partial charge in [-0.25, -0.2) is 8.42 Å². The molecule has 1 saturated heterocycles. The van der Waals surface area contributed by atoms with Gasteiger partial charge in [0.05, 0.1) is 11.5 Å². The molecule has 1 aromatic rings. The molecule has 2 fully saturated rings. The van der Waals surface area contributed by atoms with E-state index in [2.05, 4.69) is 9.69 Å². The first-order valence-corrected chi connectivity index (χ1v) is 8.84. The van der Waals surface area contributed by atoms with Crippen molar-refractivity contribution in [2.24, 2.45) is 5.92 Å². The van der Waals surface area contributed by atoms with Crippen LogP contribution in [0.25, 0.3) is 0 Å². The molecule has 1 atom stereocenters. The van der Waals surface area contributed by atoms with Gasteiger partial charge in [-0.15, -0.1) is 0 Å². The summed E-state index contributed by atoms with van der Waals surface area (Å²) in [6, 6.07) is 0. The Balaban J connectivity index is 1.64. The van der Waals surface area contributed by atoms with Gasteiger partial charge in [0.1, 0.15) is 10.8 Å².